The van der Waals surface area contributed by atoms with Gasteiger partial charge in [-0.25, -0.2) is 4.98 Å². The normalized spacial score (nSPS) is 11.4. The molecule has 1 heterocycles. The topological polar surface area (TPSA) is 56.5 Å². The van der Waals surface area contributed by atoms with E-state index in [-0.39, 0.29) is 5.56 Å². The number of benzene rings is 3. The van der Waals surface area contributed by atoms with Crippen LogP contribution in [-0.2, 0) is 13.0 Å². The quantitative estimate of drug-likeness (QED) is 0.151. The minimum Gasteiger partial charge on any atom is -0.488 e. The maximum atomic E-state index is 13.1. The van der Waals surface area contributed by atoms with Crippen LogP contribution in [0.2, 0.25) is 10.0 Å². The molecule has 0 aliphatic carbocycles. The molecule has 0 N–H and O–H groups in total. The van der Waals surface area contributed by atoms with Crippen molar-refractivity contribution in [1.29, 1.82) is 0 Å². The van der Waals surface area contributed by atoms with Gasteiger partial charge in [0.2, 0.25) is 0 Å². The monoisotopic (exact) mass is 669 g/mol. The molecule has 0 amide bonds. The highest BCUT2D eigenvalue weighted by Gasteiger charge is 2.11. The Morgan fingerprint density at radius 1 is 1.15 bits per heavy atom. The fourth-order valence-corrected chi connectivity index (χ4v) is 4.85. The van der Waals surface area contributed by atoms with E-state index in [1.54, 1.807) is 24.4 Å². The van der Waals surface area contributed by atoms with E-state index in [0.29, 0.717) is 39.8 Å². The summed E-state index contributed by atoms with van der Waals surface area (Å²) in [7, 11) is 0. The molecule has 34 heavy (non-hydrogen) atoms. The maximum absolute atomic E-state index is 13.1. The first-order chi connectivity index (χ1) is 16.4. The second kappa shape index (κ2) is 11.2. The van der Waals surface area contributed by atoms with Crippen LogP contribution in [-0.4, -0.2) is 15.9 Å². The highest BCUT2D eigenvalue weighted by Crippen LogP contribution is 2.26. The molecule has 0 saturated heterocycles. The van der Waals surface area contributed by atoms with Gasteiger partial charge in [-0.1, -0.05) is 52.1 Å². The van der Waals surface area contributed by atoms with Gasteiger partial charge in [-0.3, -0.25) is 4.79 Å². The Bertz CT molecular complexity index is 1460. The first kappa shape index (κ1) is 25.2. The minimum atomic E-state index is -0.194. The summed E-state index contributed by atoms with van der Waals surface area (Å²) in [5, 5.41) is 6.16. The number of hydrogen-bond acceptors (Lipinski definition) is 4. The summed E-state index contributed by atoms with van der Waals surface area (Å²) in [6.45, 7) is 2.37. The maximum Gasteiger partial charge on any atom is 0.282 e. The van der Waals surface area contributed by atoms with E-state index in [4.69, 9.17) is 27.9 Å². The van der Waals surface area contributed by atoms with Gasteiger partial charge in [0.15, 0.2) is 0 Å². The number of rotatable bonds is 7. The zero-order chi connectivity index (χ0) is 24.2. The van der Waals surface area contributed by atoms with Crippen LogP contribution in [0.25, 0.3) is 10.9 Å². The average Bonchev–Trinajstić information content (AvgIpc) is 2.80. The summed E-state index contributed by atoms with van der Waals surface area (Å²) in [6, 6.07) is 16.5. The Morgan fingerprint density at radius 2 is 1.97 bits per heavy atom. The van der Waals surface area contributed by atoms with Crippen molar-refractivity contribution < 1.29 is 4.74 Å². The van der Waals surface area contributed by atoms with E-state index in [2.05, 4.69) is 48.6 Å². The molecule has 0 bridgehead atoms. The first-order valence-electron chi connectivity index (χ1n) is 10.5. The third-order valence-electron chi connectivity index (χ3n) is 5.03. The largest absolute Gasteiger partial charge is 0.488 e. The van der Waals surface area contributed by atoms with Crippen molar-refractivity contribution >= 4 is 78.8 Å². The Labute approximate surface area is 229 Å². The summed E-state index contributed by atoms with van der Waals surface area (Å²) in [5.41, 5.74) is 2.16. The van der Waals surface area contributed by atoms with Gasteiger partial charge in [0.05, 0.1) is 20.7 Å². The lowest BCUT2D eigenvalue weighted by molar-refractivity contribution is 0.304. The number of nitrogens with zero attached hydrogens (tertiary/aromatic N) is 3. The molecule has 174 valence electrons. The van der Waals surface area contributed by atoms with E-state index in [1.165, 1.54) is 4.68 Å². The Hall–Kier alpha value is -1.94. The summed E-state index contributed by atoms with van der Waals surface area (Å²) in [6.07, 6.45) is 3.16. The van der Waals surface area contributed by atoms with E-state index in [9.17, 15) is 4.79 Å². The van der Waals surface area contributed by atoms with Gasteiger partial charge in [-0.15, -0.1) is 0 Å². The summed E-state index contributed by atoms with van der Waals surface area (Å²) >= 11 is 17.8. The third-order valence-corrected chi connectivity index (χ3v) is 6.95. The van der Waals surface area contributed by atoms with Gasteiger partial charge >= 0.3 is 0 Å². The van der Waals surface area contributed by atoms with Crippen LogP contribution in [0.5, 0.6) is 5.75 Å². The van der Waals surface area contributed by atoms with Crippen molar-refractivity contribution in [3.8, 4) is 5.75 Å². The van der Waals surface area contributed by atoms with Crippen LogP contribution < -0.4 is 10.3 Å². The molecule has 4 rings (SSSR count). The first-order valence-corrected chi connectivity index (χ1v) is 13.1. The van der Waals surface area contributed by atoms with E-state index in [0.717, 1.165) is 31.3 Å². The molecular formula is C25H19BrCl2IN3O2. The molecule has 0 spiro atoms. The van der Waals surface area contributed by atoms with Gasteiger partial charge < -0.3 is 4.74 Å². The molecule has 0 aliphatic heterocycles. The number of halogens is 4. The van der Waals surface area contributed by atoms with E-state index in [1.807, 2.05) is 43.3 Å². The number of aryl methyl sites for hydroxylation is 1. The lowest BCUT2D eigenvalue weighted by atomic mass is 10.2. The molecule has 0 saturated carbocycles. The number of aromatic nitrogens is 2. The van der Waals surface area contributed by atoms with Gasteiger partial charge in [-0.2, -0.15) is 9.78 Å². The van der Waals surface area contributed by atoms with Crippen LogP contribution in [0.1, 0.15) is 30.3 Å². The molecule has 3 aromatic carbocycles. The van der Waals surface area contributed by atoms with Crippen molar-refractivity contribution in [2.45, 2.75) is 26.4 Å². The van der Waals surface area contributed by atoms with Crippen LogP contribution in [0.3, 0.4) is 0 Å². The smallest absolute Gasteiger partial charge is 0.282 e. The number of hydrogen-bond donors (Lipinski definition) is 0. The van der Waals surface area contributed by atoms with Crippen molar-refractivity contribution in [2.75, 3.05) is 0 Å². The number of ether oxygens (including phenoxy) is 1. The van der Waals surface area contributed by atoms with Gasteiger partial charge in [0.1, 0.15) is 18.2 Å². The van der Waals surface area contributed by atoms with Crippen LogP contribution in [0.15, 0.2) is 69.0 Å². The predicted molar refractivity (Wildman–Crippen MR) is 151 cm³/mol. The SMILES string of the molecule is CCCc1nc2ccc(Br)cc2c(=O)n1N=Cc1ccc(OCc2ccc(Cl)cc2Cl)c(I)c1. The van der Waals surface area contributed by atoms with Crippen molar-refractivity contribution in [3.05, 3.63) is 100.0 Å². The molecule has 5 nitrogen and oxygen atoms in total. The van der Waals surface area contributed by atoms with Crippen LogP contribution in [0, 0.1) is 3.57 Å². The highest BCUT2D eigenvalue weighted by molar-refractivity contribution is 14.1. The fourth-order valence-electron chi connectivity index (χ4n) is 3.33. The lowest BCUT2D eigenvalue weighted by Crippen LogP contribution is -2.22. The summed E-state index contributed by atoms with van der Waals surface area (Å²) in [5.74, 6) is 1.36. The predicted octanol–water partition coefficient (Wildman–Crippen LogP) is 7.48. The molecule has 0 unspecified atom stereocenters. The molecule has 0 atom stereocenters. The molecule has 4 aromatic rings. The molecule has 0 fully saturated rings. The van der Waals surface area contributed by atoms with E-state index < -0.39 is 0 Å². The van der Waals surface area contributed by atoms with Crippen molar-refractivity contribution in [3.63, 3.8) is 0 Å². The van der Waals surface area contributed by atoms with Gasteiger partial charge in [0.25, 0.3) is 5.56 Å². The standard InChI is InChI=1S/C25H19BrCl2IN3O2/c1-2-3-24-31-22-8-6-17(26)11-19(22)25(33)32(24)30-13-15-4-9-23(21(29)10-15)34-14-16-5-7-18(27)12-20(16)28/h4-13H,2-3,14H2,1H3. The van der Waals surface area contributed by atoms with Crippen LogP contribution in [0.4, 0.5) is 0 Å². The summed E-state index contributed by atoms with van der Waals surface area (Å²) in [4.78, 5) is 17.8. The molecule has 9 heteroatoms. The van der Waals surface area contributed by atoms with Gasteiger partial charge in [0, 0.05) is 26.5 Å². The molecule has 0 radical (unpaired) electrons. The van der Waals surface area contributed by atoms with Crippen molar-refractivity contribution in [2.24, 2.45) is 5.10 Å². The molecule has 1 aromatic heterocycles. The zero-order valence-corrected chi connectivity index (χ0v) is 23.3. The summed E-state index contributed by atoms with van der Waals surface area (Å²) < 4.78 is 9.06. The highest BCUT2D eigenvalue weighted by atomic mass is 127. The third kappa shape index (κ3) is 5.82. The zero-order valence-electron chi connectivity index (χ0n) is 18.1. The Kier molecular flexibility index (Phi) is 8.29. The van der Waals surface area contributed by atoms with Gasteiger partial charge in [-0.05, 0) is 83.1 Å². The van der Waals surface area contributed by atoms with E-state index >= 15 is 0 Å². The fraction of sp³-hybridized carbons (Fsp3) is 0.160. The molecular weight excluding hydrogens is 652 g/mol. The second-order valence-electron chi connectivity index (χ2n) is 7.52. The average molecular weight is 671 g/mol. The van der Waals surface area contributed by atoms with Crippen LogP contribution >= 0.6 is 61.7 Å². The number of fused-ring (bicyclic) bond motifs is 1. The minimum absolute atomic E-state index is 0.194. The molecule has 0 aliphatic rings. The Balaban J connectivity index is 1.59. The van der Waals surface area contributed by atoms with Crippen molar-refractivity contribution in [1.82, 2.24) is 9.66 Å². The lowest BCUT2D eigenvalue weighted by Gasteiger charge is -2.11. The second-order valence-corrected chi connectivity index (χ2v) is 10.4. The Morgan fingerprint density at radius 3 is 2.71 bits per heavy atom.